The van der Waals surface area contributed by atoms with Crippen molar-refractivity contribution in [2.75, 3.05) is 53.2 Å². The van der Waals surface area contributed by atoms with Gasteiger partial charge in [0.15, 0.2) is 11.5 Å². The van der Waals surface area contributed by atoms with Gasteiger partial charge in [0.1, 0.15) is 0 Å². The van der Waals surface area contributed by atoms with Crippen LogP contribution >= 0.6 is 0 Å². The van der Waals surface area contributed by atoms with E-state index < -0.39 is 0 Å². The summed E-state index contributed by atoms with van der Waals surface area (Å²) >= 11 is 0. The maximum atomic E-state index is 13.1. The van der Waals surface area contributed by atoms with Gasteiger partial charge < -0.3 is 29.7 Å². The zero-order valence-corrected chi connectivity index (χ0v) is 16.8. The summed E-state index contributed by atoms with van der Waals surface area (Å²) in [6, 6.07) is 10.3. The molecule has 8 nitrogen and oxygen atoms in total. The van der Waals surface area contributed by atoms with Crippen molar-refractivity contribution in [2.24, 2.45) is 0 Å². The molecular formula is C21H25N3O5. The van der Waals surface area contributed by atoms with Crippen LogP contribution in [0.2, 0.25) is 0 Å². The van der Waals surface area contributed by atoms with Gasteiger partial charge in [0.05, 0.1) is 32.5 Å². The van der Waals surface area contributed by atoms with Crippen molar-refractivity contribution in [3.8, 4) is 17.2 Å². The predicted octanol–water partition coefficient (Wildman–Crippen LogP) is 1.89. The molecule has 1 aliphatic heterocycles. The lowest BCUT2D eigenvalue weighted by Gasteiger charge is -2.35. The molecule has 2 aromatic carbocycles. The molecule has 1 heterocycles. The molecule has 154 valence electrons. The molecule has 2 amide bonds. The molecule has 1 fully saturated rings. The lowest BCUT2D eigenvalue weighted by molar-refractivity contribution is 0.0534. The summed E-state index contributed by atoms with van der Waals surface area (Å²) in [4.78, 5) is 29.2. The zero-order valence-electron chi connectivity index (χ0n) is 16.8. The maximum absolute atomic E-state index is 13.1. The Bertz CT molecular complexity index is 907. The van der Waals surface area contributed by atoms with Gasteiger partial charge in [-0.1, -0.05) is 12.1 Å². The standard InChI is InChI=1S/C21H25N3O5/c1-27-17-9-8-15(18(28-2)19(17)29-3)21(26)24-12-10-23(11-13-24)20(25)14-6-4-5-7-16(14)22/h4-9H,10-13,22H2,1-3H3. The van der Waals surface area contributed by atoms with E-state index in [0.717, 1.165) is 0 Å². The molecule has 2 aromatic rings. The first-order chi connectivity index (χ1) is 14.0. The largest absolute Gasteiger partial charge is 0.493 e. The molecule has 3 rings (SSSR count). The number of carbonyl (C=O) groups excluding carboxylic acids is 2. The Morgan fingerprint density at radius 1 is 0.759 bits per heavy atom. The summed E-state index contributed by atoms with van der Waals surface area (Å²) in [5.41, 5.74) is 7.23. The van der Waals surface area contributed by atoms with E-state index in [-0.39, 0.29) is 11.8 Å². The monoisotopic (exact) mass is 399 g/mol. The van der Waals surface area contributed by atoms with Crippen LogP contribution in [0.5, 0.6) is 17.2 Å². The van der Waals surface area contributed by atoms with E-state index in [2.05, 4.69) is 0 Å². The molecule has 0 bridgehead atoms. The first kappa shape index (κ1) is 20.3. The molecule has 0 spiro atoms. The second-order valence-electron chi connectivity index (χ2n) is 6.55. The summed E-state index contributed by atoms with van der Waals surface area (Å²) in [6.45, 7) is 1.67. The Morgan fingerprint density at radius 2 is 1.31 bits per heavy atom. The summed E-state index contributed by atoms with van der Waals surface area (Å²) < 4.78 is 16.0. The molecule has 0 aliphatic carbocycles. The van der Waals surface area contributed by atoms with Gasteiger partial charge in [-0.15, -0.1) is 0 Å². The van der Waals surface area contributed by atoms with Gasteiger partial charge in [0.2, 0.25) is 5.75 Å². The van der Waals surface area contributed by atoms with Gasteiger partial charge in [-0.3, -0.25) is 9.59 Å². The van der Waals surface area contributed by atoms with Crippen LogP contribution in [0, 0.1) is 0 Å². The van der Waals surface area contributed by atoms with Crippen molar-refractivity contribution in [3.05, 3.63) is 47.5 Å². The number of nitrogens with zero attached hydrogens (tertiary/aromatic N) is 2. The molecule has 0 atom stereocenters. The average Bonchev–Trinajstić information content (AvgIpc) is 2.77. The van der Waals surface area contributed by atoms with Crippen LogP contribution in [-0.4, -0.2) is 69.1 Å². The Labute approximate surface area is 169 Å². The second kappa shape index (κ2) is 8.72. The van der Waals surface area contributed by atoms with Crippen molar-refractivity contribution in [1.82, 2.24) is 9.80 Å². The minimum atomic E-state index is -0.186. The van der Waals surface area contributed by atoms with Crippen molar-refractivity contribution >= 4 is 17.5 Å². The molecule has 0 radical (unpaired) electrons. The third-order valence-corrected chi connectivity index (χ3v) is 4.98. The number of amides is 2. The van der Waals surface area contributed by atoms with Crippen molar-refractivity contribution in [2.45, 2.75) is 0 Å². The fraction of sp³-hybridized carbons (Fsp3) is 0.333. The molecule has 0 saturated carbocycles. The van der Waals surface area contributed by atoms with Crippen molar-refractivity contribution in [3.63, 3.8) is 0 Å². The van der Waals surface area contributed by atoms with Crippen LogP contribution in [0.4, 0.5) is 5.69 Å². The van der Waals surface area contributed by atoms with Gasteiger partial charge in [0, 0.05) is 31.9 Å². The predicted molar refractivity (Wildman–Crippen MR) is 109 cm³/mol. The topological polar surface area (TPSA) is 94.3 Å². The van der Waals surface area contributed by atoms with E-state index in [1.54, 1.807) is 46.2 Å². The third kappa shape index (κ3) is 3.91. The highest BCUT2D eigenvalue weighted by Crippen LogP contribution is 2.40. The molecule has 8 heteroatoms. The molecular weight excluding hydrogens is 374 g/mol. The summed E-state index contributed by atoms with van der Waals surface area (Å²) in [5, 5.41) is 0. The fourth-order valence-electron chi connectivity index (χ4n) is 3.41. The second-order valence-corrected chi connectivity index (χ2v) is 6.55. The molecule has 1 aliphatic rings. The van der Waals surface area contributed by atoms with Crippen LogP contribution < -0.4 is 19.9 Å². The Hall–Kier alpha value is -3.42. The van der Waals surface area contributed by atoms with E-state index in [9.17, 15) is 9.59 Å². The zero-order chi connectivity index (χ0) is 21.0. The minimum absolute atomic E-state index is 0.126. The van der Waals surface area contributed by atoms with Crippen LogP contribution in [0.25, 0.3) is 0 Å². The normalized spacial score (nSPS) is 13.8. The number of nitrogens with two attached hydrogens (primary N) is 1. The van der Waals surface area contributed by atoms with Crippen molar-refractivity contribution in [1.29, 1.82) is 0 Å². The molecule has 0 unspecified atom stereocenters. The van der Waals surface area contributed by atoms with Crippen molar-refractivity contribution < 1.29 is 23.8 Å². The van der Waals surface area contributed by atoms with E-state index in [4.69, 9.17) is 19.9 Å². The number of methoxy groups -OCH3 is 3. The van der Waals surface area contributed by atoms with E-state index >= 15 is 0 Å². The quantitative estimate of drug-likeness (QED) is 0.772. The van der Waals surface area contributed by atoms with Gasteiger partial charge in [-0.05, 0) is 24.3 Å². The lowest BCUT2D eigenvalue weighted by atomic mass is 10.1. The number of anilines is 1. The number of rotatable bonds is 5. The number of nitrogen functional groups attached to an aromatic ring is 1. The van der Waals surface area contributed by atoms with E-state index in [1.165, 1.54) is 21.3 Å². The average molecular weight is 399 g/mol. The maximum Gasteiger partial charge on any atom is 0.257 e. The highest BCUT2D eigenvalue weighted by molar-refractivity contribution is 6.00. The van der Waals surface area contributed by atoms with E-state index in [1.807, 2.05) is 0 Å². The Kier molecular flexibility index (Phi) is 6.11. The molecule has 1 saturated heterocycles. The number of benzene rings is 2. The highest BCUT2D eigenvalue weighted by atomic mass is 16.5. The number of hydrogen-bond donors (Lipinski definition) is 1. The minimum Gasteiger partial charge on any atom is -0.493 e. The lowest BCUT2D eigenvalue weighted by Crippen LogP contribution is -2.50. The number of piperazine rings is 1. The summed E-state index contributed by atoms with van der Waals surface area (Å²) in [7, 11) is 4.50. The van der Waals surface area contributed by atoms with Crippen LogP contribution in [0.1, 0.15) is 20.7 Å². The van der Waals surface area contributed by atoms with Crippen LogP contribution in [0.15, 0.2) is 36.4 Å². The molecule has 2 N–H and O–H groups in total. The van der Waals surface area contributed by atoms with Crippen LogP contribution in [-0.2, 0) is 0 Å². The SMILES string of the molecule is COc1ccc(C(=O)N2CCN(C(=O)c3ccccc3N)CC2)c(OC)c1OC. The molecule has 29 heavy (non-hydrogen) atoms. The van der Waals surface area contributed by atoms with Gasteiger partial charge >= 0.3 is 0 Å². The Morgan fingerprint density at radius 3 is 1.83 bits per heavy atom. The first-order valence-electron chi connectivity index (χ1n) is 9.23. The molecule has 0 aromatic heterocycles. The smallest absolute Gasteiger partial charge is 0.257 e. The third-order valence-electron chi connectivity index (χ3n) is 4.98. The number of carbonyl (C=O) groups is 2. The summed E-state index contributed by atoms with van der Waals surface area (Å²) in [5.74, 6) is 0.867. The van der Waals surface area contributed by atoms with Gasteiger partial charge in [0.25, 0.3) is 11.8 Å². The summed E-state index contributed by atoms with van der Waals surface area (Å²) in [6.07, 6.45) is 0. The Balaban J connectivity index is 1.74. The van der Waals surface area contributed by atoms with E-state index in [0.29, 0.717) is 60.2 Å². The van der Waals surface area contributed by atoms with Gasteiger partial charge in [-0.25, -0.2) is 0 Å². The first-order valence-corrected chi connectivity index (χ1v) is 9.23. The number of hydrogen-bond acceptors (Lipinski definition) is 6. The van der Waals surface area contributed by atoms with Gasteiger partial charge in [-0.2, -0.15) is 0 Å². The van der Waals surface area contributed by atoms with Crippen LogP contribution in [0.3, 0.4) is 0 Å². The fourth-order valence-corrected chi connectivity index (χ4v) is 3.41. The number of para-hydroxylation sites is 1. The number of ether oxygens (including phenoxy) is 3. The highest BCUT2D eigenvalue weighted by Gasteiger charge is 2.29.